The topological polar surface area (TPSA) is 70.7 Å². The van der Waals surface area contributed by atoms with Crippen LogP contribution in [0.5, 0.6) is 0 Å². The predicted octanol–water partition coefficient (Wildman–Crippen LogP) is 4.28. The van der Waals surface area contributed by atoms with Crippen LogP contribution < -0.4 is 0 Å². The second-order valence-corrected chi connectivity index (χ2v) is 6.73. The van der Waals surface area contributed by atoms with Crippen LogP contribution in [0.4, 0.5) is 0 Å². The first kappa shape index (κ1) is 18.9. The molecule has 0 spiro atoms. The van der Waals surface area contributed by atoms with Crippen LogP contribution in [-0.4, -0.2) is 34.6 Å². The first-order valence-electron chi connectivity index (χ1n) is 8.38. The molecule has 0 saturated heterocycles. The molecule has 0 aliphatic heterocycles. The number of benzene rings is 2. The maximum absolute atomic E-state index is 9.33. The normalized spacial score (nSPS) is 12.2. The Morgan fingerprint density at radius 1 is 1.07 bits per heavy atom. The Hall–Kier alpha value is -2.93. The van der Waals surface area contributed by atoms with Crippen LogP contribution in [0.15, 0.2) is 70.5 Å². The molecule has 1 radical (unpaired) electrons. The molecule has 7 heteroatoms. The van der Waals surface area contributed by atoms with Gasteiger partial charge in [-0.25, -0.2) is 0 Å². The van der Waals surface area contributed by atoms with Crippen LogP contribution in [0.25, 0.3) is 17.0 Å². The molecular formula is C20H18BN4OS. The second kappa shape index (κ2) is 8.64. The molecule has 3 rings (SSSR count). The van der Waals surface area contributed by atoms with Crippen LogP contribution in [0.1, 0.15) is 23.1 Å². The third kappa shape index (κ3) is 4.62. The van der Waals surface area contributed by atoms with E-state index in [1.165, 1.54) is 11.5 Å². The number of hydrogen-bond donors (Lipinski definition) is 1. The molecule has 0 aliphatic rings. The molecule has 0 saturated carbocycles. The van der Waals surface area contributed by atoms with E-state index in [0.29, 0.717) is 17.8 Å². The van der Waals surface area contributed by atoms with Crippen molar-refractivity contribution in [2.45, 2.75) is 13.3 Å². The quantitative estimate of drug-likeness (QED) is 0.518. The summed E-state index contributed by atoms with van der Waals surface area (Å²) in [6.07, 6.45) is 0.561. The molecule has 27 heavy (non-hydrogen) atoms. The van der Waals surface area contributed by atoms with Gasteiger partial charge in [0, 0.05) is 7.05 Å². The van der Waals surface area contributed by atoms with Crippen molar-refractivity contribution in [3.63, 3.8) is 0 Å². The van der Waals surface area contributed by atoms with Crippen molar-refractivity contribution in [1.29, 1.82) is 0 Å². The van der Waals surface area contributed by atoms with E-state index in [1.807, 2.05) is 37.3 Å². The van der Waals surface area contributed by atoms with Gasteiger partial charge in [0.1, 0.15) is 0 Å². The van der Waals surface area contributed by atoms with E-state index in [-0.39, 0.29) is 5.65 Å². The van der Waals surface area contributed by atoms with Gasteiger partial charge >= 0.3 is 126 Å². The Morgan fingerprint density at radius 2 is 1.78 bits per heavy atom. The summed E-state index contributed by atoms with van der Waals surface area (Å²) in [4.78, 5) is 4.62. The fourth-order valence-electron chi connectivity index (χ4n) is 2.60. The Kier molecular flexibility index (Phi) is 6.03. The van der Waals surface area contributed by atoms with Crippen molar-refractivity contribution >= 4 is 30.2 Å². The van der Waals surface area contributed by atoms with Gasteiger partial charge in [-0.05, 0) is 0 Å². The summed E-state index contributed by atoms with van der Waals surface area (Å²) in [5.74, 6) is 0.642. The van der Waals surface area contributed by atoms with Crippen LogP contribution >= 0.6 is 11.5 Å². The molecule has 3 aromatic rings. The first-order chi connectivity index (χ1) is 13.1. The molecule has 0 bridgehead atoms. The molecule has 0 unspecified atom stereocenters. The fraction of sp³-hybridized carbons (Fsp3) is 0.150. The average Bonchev–Trinajstić information content (AvgIpc) is 3.16. The molecule has 1 aromatic heterocycles. The second-order valence-electron chi connectivity index (χ2n) is 5.89. The molecule has 1 heterocycles. The summed E-state index contributed by atoms with van der Waals surface area (Å²) in [6, 6.07) is 17.2. The van der Waals surface area contributed by atoms with Gasteiger partial charge < -0.3 is 0 Å². The number of hydrogen-bond acceptors (Lipinski definition) is 6. The summed E-state index contributed by atoms with van der Waals surface area (Å²) < 4.78 is 4.44. The summed E-state index contributed by atoms with van der Waals surface area (Å²) in [7, 11) is 7.05. The van der Waals surface area contributed by atoms with Crippen LogP contribution in [0.3, 0.4) is 0 Å². The van der Waals surface area contributed by atoms with E-state index >= 15 is 0 Å². The third-order valence-electron chi connectivity index (χ3n) is 4.09. The molecule has 0 amide bonds. The zero-order chi connectivity index (χ0) is 19.2. The zero-order valence-corrected chi connectivity index (χ0v) is 15.9. The molecule has 133 valence electrons. The Morgan fingerprint density at radius 3 is 2.41 bits per heavy atom. The van der Waals surface area contributed by atoms with Crippen molar-refractivity contribution < 1.29 is 5.11 Å². The zero-order valence-electron chi connectivity index (χ0n) is 15.1. The Labute approximate surface area is 163 Å². The summed E-state index contributed by atoms with van der Waals surface area (Å²) >= 11 is 1.35. The van der Waals surface area contributed by atoms with E-state index in [2.05, 4.69) is 31.7 Å². The van der Waals surface area contributed by atoms with Gasteiger partial charge in [0.25, 0.3) is 0 Å². The number of rotatable bonds is 6. The predicted molar refractivity (Wildman–Crippen MR) is 111 cm³/mol. The summed E-state index contributed by atoms with van der Waals surface area (Å²) in [5, 5.41) is 18.5. The van der Waals surface area contributed by atoms with Gasteiger partial charge in [-0.3, -0.25) is 0 Å². The van der Waals surface area contributed by atoms with Crippen molar-refractivity contribution in [2.75, 3.05) is 7.05 Å². The van der Waals surface area contributed by atoms with Gasteiger partial charge in [-0.15, -0.1) is 0 Å². The van der Waals surface area contributed by atoms with E-state index in [1.54, 1.807) is 19.2 Å². The summed E-state index contributed by atoms with van der Waals surface area (Å²) in [5.41, 5.74) is 4.27. The molecule has 2 aromatic carbocycles. The van der Waals surface area contributed by atoms with Gasteiger partial charge in [-0.2, -0.15) is 0 Å². The SMILES string of the molecule is [B]=C(O)c1ccc(-c2nsc(C/C(N=NC)=C(/C)c3ccccc3)n2)cc1. The van der Waals surface area contributed by atoms with Crippen molar-refractivity contribution in [1.82, 2.24) is 9.36 Å². The van der Waals surface area contributed by atoms with Crippen LogP contribution in [-0.2, 0) is 6.42 Å². The summed E-state index contributed by atoms with van der Waals surface area (Å²) in [6.45, 7) is 2.04. The number of azo groups is 1. The van der Waals surface area contributed by atoms with Gasteiger partial charge in [0.05, 0.1) is 0 Å². The van der Waals surface area contributed by atoms with Crippen molar-refractivity contribution in [2.24, 2.45) is 10.2 Å². The van der Waals surface area contributed by atoms with E-state index < -0.39 is 0 Å². The number of aromatic nitrogens is 2. The Balaban J connectivity index is 1.85. The van der Waals surface area contributed by atoms with Crippen LogP contribution in [0.2, 0.25) is 0 Å². The number of aliphatic hydroxyl groups excluding tert-OH is 1. The molecule has 0 fully saturated rings. The van der Waals surface area contributed by atoms with E-state index in [0.717, 1.165) is 27.4 Å². The molecule has 0 aliphatic carbocycles. The standard InChI is InChI=1S/C20H18BN4OS/c1-13(14-6-4-3-5-7-14)17(24-22-2)12-18-23-20(25-27-18)16-10-8-15(9-11-16)19(21)26/h3-11,26H,12H2,1-2H3/b17-13+,24-22?. The van der Waals surface area contributed by atoms with Crippen molar-refractivity contribution in [3.8, 4) is 11.4 Å². The third-order valence-corrected chi connectivity index (χ3v) is 4.80. The number of aliphatic hydroxyl groups is 1. The number of allylic oxidation sites excluding steroid dienone is 2. The van der Waals surface area contributed by atoms with Gasteiger partial charge in [0.2, 0.25) is 0 Å². The first-order valence-corrected chi connectivity index (χ1v) is 9.15. The minimum atomic E-state index is -0.204. The average molecular weight is 373 g/mol. The fourth-order valence-corrected chi connectivity index (χ4v) is 3.26. The molecule has 5 nitrogen and oxygen atoms in total. The van der Waals surface area contributed by atoms with Gasteiger partial charge in [-0.1, -0.05) is 30.3 Å². The van der Waals surface area contributed by atoms with Gasteiger partial charge in [0.15, 0.2) is 0 Å². The molecule has 1 N–H and O–H groups in total. The Bertz CT molecular complexity index is 994. The minimum absolute atomic E-state index is 0.204. The number of nitrogens with zero attached hydrogens (tertiary/aromatic N) is 4. The van der Waals surface area contributed by atoms with Crippen LogP contribution in [0, 0.1) is 0 Å². The van der Waals surface area contributed by atoms with E-state index in [9.17, 15) is 5.11 Å². The monoisotopic (exact) mass is 373 g/mol. The molecule has 0 atom stereocenters. The van der Waals surface area contributed by atoms with Crippen molar-refractivity contribution in [3.05, 3.63) is 76.4 Å². The molecular weight excluding hydrogens is 355 g/mol. The van der Waals surface area contributed by atoms with E-state index in [4.69, 9.17) is 7.49 Å². The maximum atomic E-state index is 9.33.